The van der Waals surface area contributed by atoms with Crippen LogP contribution in [-0.4, -0.2) is 21.7 Å². The molecule has 5 rings (SSSR count). The molecular formula is C31H41N3O. The van der Waals surface area contributed by atoms with E-state index in [1.807, 2.05) is 12.3 Å². The molecule has 2 N–H and O–H groups in total. The van der Waals surface area contributed by atoms with E-state index >= 15 is 0 Å². The van der Waals surface area contributed by atoms with Gasteiger partial charge >= 0.3 is 0 Å². The van der Waals surface area contributed by atoms with Gasteiger partial charge in [-0.05, 0) is 69.2 Å². The van der Waals surface area contributed by atoms with Crippen LogP contribution in [0, 0.1) is 0 Å². The van der Waals surface area contributed by atoms with Gasteiger partial charge in [0, 0.05) is 53.1 Å². The monoisotopic (exact) mass is 471 g/mol. The molecule has 0 radical (unpaired) electrons. The van der Waals surface area contributed by atoms with Crippen LogP contribution >= 0.6 is 0 Å². The first-order valence-corrected chi connectivity index (χ1v) is 13.4. The third-order valence-corrected chi connectivity index (χ3v) is 7.19. The lowest BCUT2D eigenvalue weighted by molar-refractivity contribution is 0.114. The number of aryl methyl sites for hydroxylation is 1. The molecular weight excluding hydrogens is 430 g/mol. The van der Waals surface area contributed by atoms with Crippen molar-refractivity contribution in [1.82, 2.24) is 9.55 Å². The van der Waals surface area contributed by atoms with Crippen LogP contribution in [-0.2, 0) is 7.05 Å². The van der Waals surface area contributed by atoms with Crippen LogP contribution in [0.2, 0.25) is 0 Å². The summed E-state index contributed by atoms with van der Waals surface area (Å²) >= 11 is 0. The molecule has 2 aliphatic carbocycles. The van der Waals surface area contributed by atoms with Crippen LogP contribution in [0.15, 0.2) is 48.7 Å². The summed E-state index contributed by atoms with van der Waals surface area (Å²) in [5.41, 5.74) is 11.7. The second-order valence-electron chi connectivity index (χ2n) is 9.85. The zero-order chi connectivity index (χ0) is 24.6. The Bertz CT molecular complexity index is 1150. The van der Waals surface area contributed by atoms with Crippen molar-refractivity contribution in [3.8, 4) is 17.0 Å². The molecule has 4 heteroatoms. The topological polar surface area (TPSA) is 53.1 Å². The second kappa shape index (κ2) is 12.2. The maximum atomic E-state index is 5.88. The fraction of sp³-hybridized carbons (Fsp3) is 0.452. The van der Waals surface area contributed by atoms with E-state index in [0.29, 0.717) is 12.1 Å². The van der Waals surface area contributed by atoms with Crippen LogP contribution in [0.5, 0.6) is 5.88 Å². The van der Waals surface area contributed by atoms with E-state index in [0.717, 1.165) is 30.7 Å². The molecule has 3 aromatic rings. The second-order valence-corrected chi connectivity index (χ2v) is 9.85. The first-order chi connectivity index (χ1) is 17.1. The molecule has 2 aromatic heterocycles. The van der Waals surface area contributed by atoms with Gasteiger partial charge in [-0.3, -0.25) is 0 Å². The summed E-state index contributed by atoms with van der Waals surface area (Å²) in [6.07, 6.45) is 22.3. The van der Waals surface area contributed by atoms with E-state index < -0.39 is 0 Å². The SMILES string of the molecule is C/C=C\c1c(/C=C/CC)c2ccc(-c3ccc(OC4CCC4)nc3)cc2n1C.NC1CCCCC1. The normalized spacial score (nSPS) is 17.0. The maximum absolute atomic E-state index is 5.88. The molecule has 35 heavy (non-hydrogen) atoms. The Morgan fingerprint density at radius 1 is 1.00 bits per heavy atom. The first kappa shape index (κ1) is 25.2. The highest BCUT2D eigenvalue weighted by Gasteiger charge is 2.19. The predicted molar refractivity (Wildman–Crippen MR) is 150 cm³/mol. The van der Waals surface area contributed by atoms with Gasteiger partial charge in [0.25, 0.3) is 0 Å². The quantitative estimate of drug-likeness (QED) is 0.397. The van der Waals surface area contributed by atoms with E-state index in [4.69, 9.17) is 10.5 Å². The van der Waals surface area contributed by atoms with Gasteiger partial charge in [0.1, 0.15) is 6.10 Å². The Morgan fingerprint density at radius 2 is 1.77 bits per heavy atom. The Labute approximate surface area is 210 Å². The average molecular weight is 472 g/mol. The lowest BCUT2D eigenvalue weighted by Gasteiger charge is -2.25. The highest BCUT2D eigenvalue weighted by molar-refractivity contribution is 5.96. The minimum Gasteiger partial charge on any atom is -0.474 e. The molecule has 4 nitrogen and oxygen atoms in total. The summed E-state index contributed by atoms with van der Waals surface area (Å²) in [5, 5.41) is 1.28. The summed E-state index contributed by atoms with van der Waals surface area (Å²) in [7, 11) is 2.14. The van der Waals surface area contributed by atoms with Gasteiger partial charge < -0.3 is 15.0 Å². The van der Waals surface area contributed by atoms with Crippen LogP contribution in [0.1, 0.15) is 82.9 Å². The molecule has 2 heterocycles. The van der Waals surface area contributed by atoms with Crippen molar-refractivity contribution in [3.63, 3.8) is 0 Å². The van der Waals surface area contributed by atoms with E-state index in [9.17, 15) is 0 Å². The van der Waals surface area contributed by atoms with Crippen molar-refractivity contribution in [2.24, 2.45) is 12.8 Å². The number of allylic oxidation sites excluding steroid dienone is 2. The van der Waals surface area contributed by atoms with Crippen molar-refractivity contribution < 1.29 is 4.74 Å². The molecule has 0 amide bonds. The molecule has 1 aromatic carbocycles. The molecule has 0 saturated heterocycles. The lowest BCUT2D eigenvalue weighted by atomic mass is 9.96. The largest absolute Gasteiger partial charge is 0.474 e. The van der Waals surface area contributed by atoms with E-state index in [1.54, 1.807) is 0 Å². The number of benzene rings is 1. The summed E-state index contributed by atoms with van der Waals surface area (Å²) in [6, 6.07) is 11.3. The number of hydrogen-bond acceptors (Lipinski definition) is 3. The zero-order valence-electron chi connectivity index (χ0n) is 21.7. The molecule has 0 unspecified atom stereocenters. The Balaban J connectivity index is 0.000000356. The van der Waals surface area contributed by atoms with Gasteiger partial charge in [0.2, 0.25) is 5.88 Å². The van der Waals surface area contributed by atoms with Crippen LogP contribution < -0.4 is 10.5 Å². The fourth-order valence-corrected chi connectivity index (χ4v) is 4.85. The van der Waals surface area contributed by atoms with Gasteiger partial charge in [-0.2, -0.15) is 0 Å². The number of rotatable bonds is 6. The smallest absolute Gasteiger partial charge is 0.213 e. The Hall–Kier alpha value is -2.85. The highest BCUT2D eigenvalue weighted by Crippen LogP contribution is 2.32. The number of nitrogens with two attached hydrogens (primary N) is 1. The standard InChI is InChI=1S/C25H28N2O.C6H13N/c1-4-6-11-21-22-14-12-18(16-24(22)27(3)23(21)8-5-2)19-13-15-25(26-17-19)28-20-9-7-10-20;7-6-4-2-1-3-5-6/h5-6,8,11-17,20H,4,7,9-10H2,1-3H3;6H,1-5,7H2/b8-5-,11-6+;. The van der Waals surface area contributed by atoms with Gasteiger partial charge in [0.05, 0.1) is 0 Å². The highest BCUT2D eigenvalue weighted by atomic mass is 16.5. The number of nitrogens with zero attached hydrogens (tertiary/aromatic N) is 2. The molecule has 0 aliphatic heterocycles. The van der Waals surface area contributed by atoms with Crippen molar-refractivity contribution in [2.75, 3.05) is 0 Å². The summed E-state index contributed by atoms with van der Waals surface area (Å²) in [6.45, 7) is 4.23. The van der Waals surface area contributed by atoms with E-state index in [2.05, 4.69) is 79.0 Å². The van der Waals surface area contributed by atoms with Crippen molar-refractivity contribution in [3.05, 3.63) is 59.9 Å². The summed E-state index contributed by atoms with van der Waals surface area (Å²) in [4.78, 5) is 4.52. The zero-order valence-corrected chi connectivity index (χ0v) is 21.7. The molecule has 0 spiro atoms. The maximum Gasteiger partial charge on any atom is 0.213 e. The van der Waals surface area contributed by atoms with Gasteiger partial charge in [0.15, 0.2) is 0 Å². The first-order valence-electron chi connectivity index (χ1n) is 13.4. The molecule has 2 fully saturated rings. The molecule has 186 valence electrons. The third kappa shape index (κ3) is 6.24. The Kier molecular flexibility index (Phi) is 8.81. The summed E-state index contributed by atoms with van der Waals surface area (Å²) in [5.74, 6) is 0.732. The minimum absolute atomic E-state index is 0.359. The number of hydrogen-bond donors (Lipinski definition) is 1. The summed E-state index contributed by atoms with van der Waals surface area (Å²) < 4.78 is 8.16. The van der Waals surface area contributed by atoms with E-state index in [1.165, 1.54) is 66.2 Å². The lowest BCUT2D eigenvalue weighted by Crippen LogP contribution is -2.24. The molecule has 0 bridgehead atoms. The molecule has 2 saturated carbocycles. The van der Waals surface area contributed by atoms with Crippen molar-refractivity contribution >= 4 is 23.1 Å². The predicted octanol–water partition coefficient (Wildman–Crippen LogP) is 7.91. The van der Waals surface area contributed by atoms with Crippen LogP contribution in [0.4, 0.5) is 0 Å². The average Bonchev–Trinajstić information content (AvgIpc) is 3.12. The number of ether oxygens (including phenoxy) is 1. The number of aromatic nitrogens is 2. The van der Waals surface area contributed by atoms with Crippen LogP contribution in [0.25, 0.3) is 34.2 Å². The minimum atomic E-state index is 0.359. The van der Waals surface area contributed by atoms with Gasteiger partial charge in [-0.25, -0.2) is 4.98 Å². The van der Waals surface area contributed by atoms with Gasteiger partial charge in [-0.15, -0.1) is 0 Å². The molecule has 0 atom stereocenters. The van der Waals surface area contributed by atoms with E-state index in [-0.39, 0.29) is 0 Å². The number of fused-ring (bicyclic) bond motifs is 1. The van der Waals surface area contributed by atoms with Crippen LogP contribution in [0.3, 0.4) is 0 Å². The molecule has 2 aliphatic rings. The van der Waals surface area contributed by atoms with Crippen molar-refractivity contribution in [2.45, 2.75) is 83.8 Å². The van der Waals surface area contributed by atoms with Gasteiger partial charge in [-0.1, -0.05) is 56.5 Å². The third-order valence-electron chi connectivity index (χ3n) is 7.19. The fourth-order valence-electron chi connectivity index (χ4n) is 4.85. The number of pyridine rings is 1. The van der Waals surface area contributed by atoms with Crippen molar-refractivity contribution in [1.29, 1.82) is 0 Å². The Morgan fingerprint density at radius 3 is 2.34 bits per heavy atom.